The van der Waals surface area contributed by atoms with Crippen LogP contribution in [0.1, 0.15) is 19.4 Å². The van der Waals surface area contributed by atoms with Crippen LogP contribution in [-0.4, -0.2) is 24.7 Å². The van der Waals surface area contributed by atoms with Gasteiger partial charge in [0, 0.05) is 28.9 Å². The minimum Gasteiger partial charge on any atom is -0.496 e. The van der Waals surface area contributed by atoms with Crippen molar-refractivity contribution in [2.45, 2.75) is 26.4 Å². The van der Waals surface area contributed by atoms with E-state index in [-0.39, 0.29) is 0 Å². The third-order valence-corrected chi connectivity index (χ3v) is 3.83. The monoisotopic (exact) mass is 273 g/mol. The Morgan fingerprint density at radius 2 is 2.24 bits per heavy atom. The maximum absolute atomic E-state index is 5.99. The molecule has 1 N–H and O–H groups in total. The lowest BCUT2D eigenvalue weighted by atomic mass is 10.2. The highest BCUT2D eigenvalue weighted by atomic mass is 35.5. The Morgan fingerprint density at radius 1 is 1.47 bits per heavy atom. The van der Waals surface area contributed by atoms with Crippen molar-refractivity contribution >= 4 is 23.4 Å². The third kappa shape index (κ3) is 5.19. The van der Waals surface area contributed by atoms with Crippen LogP contribution in [0.25, 0.3) is 0 Å². The van der Waals surface area contributed by atoms with Crippen molar-refractivity contribution in [3.05, 3.63) is 28.8 Å². The van der Waals surface area contributed by atoms with E-state index in [4.69, 9.17) is 16.3 Å². The number of nitrogens with one attached hydrogen (secondary N) is 1. The van der Waals surface area contributed by atoms with Gasteiger partial charge in [-0.25, -0.2) is 0 Å². The number of rotatable bonds is 7. The second kappa shape index (κ2) is 7.85. The van der Waals surface area contributed by atoms with Crippen LogP contribution < -0.4 is 10.1 Å². The summed E-state index contributed by atoms with van der Waals surface area (Å²) in [5.41, 5.74) is 1.10. The van der Waals surface area contributed by atoms with Gasteiger partial charge in [-0.05, 0) is 30.9 Å². The van der Waals surface area contributed by atoms with Gasteiger partial charge in [0.05, 0.1) is 7.11 Å². The first-order chi connectivity index (χ1) is 8.17. The van der Waals surface area contributed by atoms with E-state index in [9.17, 15) is 0 Å². The largest absolute Gasteiger partial charge is 0.496 e. The van der Waals surface area contributed by atoms with Crippen LogP contribution in [0.3, 0.4) is 0 Å². The maximum atomic E-state index is 5.99. The van der Waals surface area contributed by atoms with E-state index in [0.717, 1.165) is 34.4 Å². The number of hydrogen-bond acceptors (Lipinski definition) is 3. The molecule has 0 aliphatic heterocycles. The SMILES string of the molecule is CCSCC(C)NCc1cc(Cl)ccc1OC. The Balaban J connectivity index is 2.52. The summed E-state index contributed by atoms with van der Waals surface area (Å²) in [6.07, 6.45) is 0. The van der Waals surface area contributed by atoms with Gasteiger partial charge in [-0.3, -0.25) is 0 Å². The lowest BCUT2D eigenvalue weighted by Crippen LogP contribution is -2.27. The van der Waals surface area contributed by atoms with Crippen LogP contribution in [0.5, 0.6) is 5.75 Å². The summed E-state index contributed by atoms with van der Waals surface area (Å²) >= 11 is 7.93. The Bertz CT molecular complexity index is 346. The van der Waals surface area contributed by atoms with Gasteiger partial charge < -0.3 is 10.1 Å². The van der Waals surface area contributed by atoms with Gasteiger partial charge in [0.25, 0.3) is 0 Å². The Morgan fingerprint density at radius 3 is 2.88 bits per heavy atom. The molecule has 0 saturated heterocycles. The number of methoxy groups -OCH3 is 1. The van der Waals surface area contributed by atoms with Crippen molar-refractivity contribution in [3.63, 3.8) is 0 Å². The first-order valence-corrected chi connectivity index (χ1v) is 7.34. The number of thioether (sulfide) groups is 1. The number of benzene rings is 1. The zero-order valence-electron chi connectivity index (χ0n) is 10.6. The van der Waals surface area contributed by atoms with Gasteiger partial charge >= 0.3 is 0 Å². The summed E-state index contributed by atoms with van der Waals surface area (Å²) in [5.74, 6) is 3.17. The van der Waals surface area contributed by atoms with E-state index in [0.29, 0.717) is 6.04 Å². The standard InChI is InChI=1S/C13H20ClNOS/c1-4-17-9-10(2)15-8-11-7-12(14)5-6-13(11)16-3/h5-7,10,15H,4,8-9H2,1-3H3. The smallest absolute Gasteiger partial charge is 0.123 e. The van der Waals surface area contributed by atoms with E-state index >= 15 is 0 Å². The van der Waals surface area contributed by atoms with E-state index in [1.165, 1.54) is 0 Å². The van der Waals surface area contributed by atoms with Crippen LogP contribution in [0.2, 0.25) is 5.02 Å². The topological polar surface area (TPSA) is 21.3 Å². The maximum Gasteiger partial charge on any atom is 0.123 e. The fourth-order valence-corrected chi connectivity index (χ4v) is 2.42. The molecule has 2 nitrogen and oxygen atoms in total. The molecule has 1 rings (SSSR count). The quantitative estimate of drug-likeness (QED) is 0.821. The summed E-state index contributed by atoms with van der Waals surface area (Å²) in [6.45, 7) is 5.16. The summed E-state index contributed by atoms with van der Waals surface area (Å²) in [6, 6.07) is 6.20. The molecule has 0 aliphatic rings. The first-order valence-electron chi connectivity index (χ1n) is 5.81. The lowest BCUT2D eigenvalue weighted by molar-refractivity contribution is 0.406. The van der Waals surface area contributed by atoms with Gasteiger partial charge in [-0.1, -0.05) is 18.5 Å². The molecule has 0 aromatic heterocycles. The number of hydrogen-bond donors (Lipinski definition) is 1. The molecule has 1 aromatic carbocycles. The molecule has 0 bridgehead atoms. The van der Waals surface area contributed by atoms with Crippen molar-refractivity contribution in [1.82, 2.24) is 5.32 Å². The van der Waals surface area contributed by atoms with Crippen molar-refractivity contribution in [2.24, 2.45) is 0 Å². The minimum absolute atomic E-state index is 0.489. The number of ether oxygens (including phenoxy) is 1. The van der Waals surface area contributed by atoms with Gasteiger partial charge in [-0.15, -0.1) is 0 Å². The fraction of sp³-hybridized carbons (Fsp3) is 0.538. The molecule has 0 amide bonds. The van der Waals surface area contributed by atoms with Crippen LogP contribution in [0.4, 0.5) is 0 Å². The molecule has 1 unspecified atom stereocenters. The highest BCUT2D eigenvalue weighted by Gasteiger charge is 2.06. The molecule has 1 aromatic rings. The van der Waals surface area contributed by atoms with Crippen molar-refractivity contribution < 1.29 is 4.74 Å². The van der Waals surface area contributed by atoms with Gasteiger partial charge in [0.1, 0.15) is 5.75 Å². The molecule has 0 spiro atoms. The molecule has 0 heterocycles. The molecule has 4 heteroatoms. The molecule has 0 radical (unpaired) electrons. The summed E-state index contributed by atoms with van der Waals surface area (Å²) in [7, 11) is 1.68. The molecule has 0 aliphatic carbocycles. The second-order valence-electron chi connectivity index (χ2n) is 3.90. The lowest BCUT2D eigenvalue weighted by Gasteiger charge is -2.15. The number of halogens is 1. The predicted octanol–water partition coefficient (Wildman–Crippen LogP) is 3.58. The minimum atomic E-state index is 0.489. The molecule has 0 saturated carbocycles. The zero-order valence-corrected chi connectivity index (χ0v) is 12.2. The van der Waals surface area contributed by atoms with Crippen LogP contribution in [-0.2, 0) is 6.54 Å². The van der Waals surface area contributed by atoms with E-state index in [1.807, 2.05) is 30.0 Å². The highest BCUT2D eigenvalue weighted by Crippen LogP contribution is 2.22. The average molecular weight is 274 g/mol. The Labute approximate surface area is 113 Å². The van der Waals surface area contributed by atoms with E-state index < -0.39 is 0 Å². The normalized spacial score (nSPS) is 12.5. The molecule has 0 fully saturated rings. The van der Waals surface area contributed by atoms with E-state index in [1.54, 1.807) is 7.11 Å². The van der Waals surface area contributed by atoms with Crippen LogP contribution >= 0.6 is 23.4 Å². The first kappa shape index (κ1) is 14.7. The molecular formula is C13H20ClNOS. The van der Waals surface area contributed by atoms with Crippen molar-refractivity contribution in [2.75, 3.05) is 18.6 Å². The molecule has 96 valence electrons. The highest BCUT2D eigenvalue weighted by molar-refractivity contribution is 7.99. The molecular weight excluding hydrogens is 254 g/mol. The summed E-state index contributed by atoms with van der Waals surface area (Å²) in [5, 5.41) is 4.22. The van der Waals surface area contributed by atoms with Crippen LogP contribution in [0, 0.1) is 0 Å². The second-order valence-corrected chi connectivity index (χ2v) is 5.65. The van der Waals surface area contributed by atoms with Crippen molar-refractivity contribution in [3.8, 4) is 5.75 Å². The summed E-state index contributed by atoms with van der Waals surface area (Å²) in [4.78, 5) is 0. The average Bonchev–Trinajstić information content (AvgIpc) is 2.34. The van der Waals surface area contributed by atoms with Gasteiger partial charge in [0.15, 0.2) is 0 Å². The Hall–Kier alpha value is -0.380. The fourth-order valence-electron chi connectivity index (χ4n) is 1.52. The molecule has 17 heavy (non-hydrogen) atoms. The van der Waals surface area contributed by atoms with Crippen molar-refractivity contribution in [1.29, 1.82) is 0 Å². The zero-order chi connectivity index (χ0) is 12.7. The summed E-state index contributed by atoms with van der Waals surface area (Å²) < 4.78 is 5.31. The van der Waals surface area contributed by atoms with E-state index in [2.05, 4.69) is 19.2 Å². The van der Waals surface area contributed by atoms with Gasteiger partial charge in [0.2, 0.25) is 0 Å². The third-order valence-electron chi connectivity index (χ3n) is 2.46. The van der Waals surface area contributed by atoms with Crippen LogP contribution in [0.15, 0.2) is 18.2 Å². The van der Waals surface area contributed by atoms with Gasteiger partial charge in [-0.2, -0.15) is 11.8 Å². The Kier molecular flexibility index (Phi) is 6.78. The predicted molar refractivity (Wildman–Crippen MR) is 77.3 cm³/mol. The molecule has 1 atom stereocenters.